The summed E-state index contributed by atoms with van der Waals surface area (Å²) in [7, 11) is -2.71. The maximum atomic E-state index is 13.8. The number of ether oxygens (including phenoxy) is 1. The molecule has 4 N–H and O–H groups in total. The average molecular weight is 568 g/mol. The molecule has 212 valence electrons. The third-order valence-corrected chi connectivity index (χ3v) is 8.73. The minimum Gasteiger partial charge on any atom is -0.496 e. The van der Waals surface area contributed by atoms with Crippen LogP contribution in [0, 0.1) is 12.3 Å². The second-order valence-electron chi connectivity index (χ2n) is 10.0. The summed E-state index contributed by atoms with van der Waals surface area (Å²) in [4.78, 5) is 38.9. The molecule has 2 aromatic carbocycles. The van der Waals surface area contributed by atoms with Gasteiger partial charge in [0.25, 0.3) is 5.91 Å². The number of methoxy groups -OCH3 is 1. The number of carbonyl (C=O) groups is 3. The number of ketones is 1. The van der Waals surface area contributed by atoms with Crippen LogP contribution in [0.4, 0.5) is 0 Å². The Morgan fingerprint density at radius 2 is 1.88 bits per heavy atom. The molecule has 10 nitrogen and oxygen atoms in total. The van der Waals surface area contributed by atoms with Gasteiger partial charge in [0.05, 0.1) is 29.0 Å². The first kappa shape index (κ1) is 29.2. The smallest absolute Gasteiger partial charge is 0.321 e. The van der Waals surface area contributed by atoms with Crippen LogP contribution in [0.25, 0.3) is 0 Å². The molecule has 2 aromatic rings. The Morgan fingerprint density at radius 3 is 2.48 bits per heavy atom. The van der Waals surface area contributed by atoms with Crippen LogP contribution in [-0.4, -0.2) is 56.9 Å². The van der Waals surface area contributed by atoms with E-state index in [2.05, 4.69) is 15.4 Å². The summed E-state index contributed by atoms with van der Waals surface area (Å²) in [5.74, 6) is -1.61. The first-order valence-electron chi connectivity index (χ1n) is 13.0. The van der Waals surface area contributed by atoms with Gasteiger partial charge in [-0.25, -0.2) is 8.42 Å². The number of rotatable bonds is 11. The van der Waals surface area contributed by atoms with E-state index in [0.29, 0.717) is 30.0 Å². The van der Waals surface area contributed by atoms with Gasteiger partial charge >= 0.3 is 5.97 Å². The molecule has 0 spiro atoms. The highest BCUT2D eigenvalue weighted by Gasteiger charge is 2.45. The van der Waals surface area contributed by atoms with Gasteiger partial charge in [-0.1, -0.05) is 42.0 Å². The zero-order valence-electron chi connectivity index (χ0n) is 22.3. The molecule has 3 atom stereocenters. The number of para-hydroxylation sites is 1. The van der Waals surface area contributed by atoms with Gasteiger partial charge in [-0.05, 0) is 69.5 Å². The molecule has 0 bridgehead atoms. The van der Waals surface area contributed by atoms with Crippen LogP contribution >= 0.6 is 0 Å². The number of hydrogen-bond acceptors (Lipinski definition) is 7. The maximum absolute atomic E-state index is 13.8. The van der Waals surface area contributed by atoms with Gasteiger partial charge in [0.2, 0.25) is 10.0 Å². The summed E-state index contributed by atoms with van der Waals surface area (Å²) < 4.78 is 33.6. The van der Waals surface area contributed by atoms with Crippen molar-refractivity contribution in [1.29, 1.82) is 0 Å². The highest BCUT2D eigenvalue weighted by atomic mass is 32.2. The molecule has 1 unspecified atom stereocenters. The number of aliphatic carboxylic acids is 1. The topological polar surface area (TPSA) is 151 Å². The Balaban J connectivity index is 1.58. The number of aryl methyl sites for hydroxylation is 1. The van der Waals surface area contributed by atoms with Crippen LogP contribution in [0.2, 0.25) is 0 Å². The molecule has 1 fully saturated rings. The SMILES string of the molecule is COc1ccccc1C(=O)NC1=CCC(C[C@H](NS(=O)(=O)c2ccc(C)cc2)C(=O)O)(C(=O)[C@@H]2CCCN2)C=C1. The third kappa shape index (κ3) is 6.49. The number of Topliss-reactive ketones (excluding diaryl/α,β-unsaturated/α-hetero) is 1. The Morgan fingerprint density at radius 1 is 1.15 bits per heavy atom. The lowest BCUT2D eigenvalue weighted by molar-refractivity contribution is -0.140. The molecular weight excluding hydrogens is 534 g/mol. The lowest BCUT2D eigenvalue weighted by atomic mass is 9.70. The van der Waals surface area contributed by atoms with Crippen molar-refractivity contribution in [3.05, 3.63) is 83.6 Å². The second-order valence-corrected chi connectivity index (χ2v) is 11.8. The molecule has 11 heteroatoms. The lowest BCUT2D eigenvalue weighted by Crippen LogP contribution is -2.50. The second kappa shape index (κ2) is 12.2. The molecule has 0 saturated carbocycles. The summed E-state index contributed by atoms with van der Waals surface area (Å²) in [6.07, 6.45) is 5.99. The lowest BCUT2D eigenvalue weighted by Gasteiger charge is -2.35. The largest absolute Gasteiger partial charge is 0.496 e. The fourth-order valence-electron chi connectivity index (χ4n) is 5.01. The van der Waals surface area contributed by atoms with Crippen molar-refractivity contribution in [3.8, 4) is 5.75 Å². The number of nitrogens with one attached hydrogen (secondary N) is 3. The summed E-state index contributed by atoms with van der Waals surface area (Å²) in [6.45, 7) is 2.47. The fraction of sp³-hybridized carbons (Fsp3) is 0.345. The van der Waals surface area contributed by atoms with Gasteiger partial charge in [0.15, 0.2) is 5.78 Å². The average Bonchev–Trinajstić information content (AvgIpc) is 3.48. The zero-order valence-corrected chi connectivity index (χ0v) is 23.2. The molecule has 1 aliphatic heterocycles. The van der Waals surface area contributed by atoms with Gasteiger partial charge < -0.3 is 20.5 Å². The first-order chi connectivity index (χ1) is 19.0. The van der Waals surface area contributed by atoms with Crippen LogP contribution in [0.5, 0.6) is 5.75 Å². The number of carboxylic acids is 1. The number of carboxylic acid groups (broad SMARTS) is 1. The van der Waals surface area contributed by atoms with E-state index < -0.39 is 39.4 Å². The van der Waals surface area contributed by atoms with Gasteiger partial charge in [-0.2, -0.15) is 4.72 Å². The van der Waals surface area contributed by atoms with E-state index in [1.54, 1.807) is 54.6 Å². The van der Waals surface area contributed by atoms with Gasteiger partial charge in [0, 0.05) is 5.70 Å². The van der Waals surface area contributed by atoms with Crippen LogP contribution in [0.15, 0.2) is 77.4 Å². The zero-order chi connectivity index (χ0) is 28.9. The predicted octanol–water partition coefficient (Wildman–Crippen LogP) is 2.71. The molecule has 1 heterocycles. The molecule has 0 aromatic heterocycles. The molecular formula is C29H33N3O7S. The van der Waals surface area contributed by atoms with Crippen LogP contribution in [0.1, 0.15) is 41.6 Å². The number of sulfonamides is 1. The third-order valence-electron chi connectivity index (χ3n) is 7.24. The molecule has 4 rings (SSSR count). The number of amides is 1. The normalized spacial score (nSPS) is 21.4. The van der Waals surface area contributed by atoms with E-state index in [0.717, 1.165) is 12.0 Å². The van der Waals surface area contributed by atoms with Crippen LogP contribution < -0.4 is 20.1 Å². The molecule has 40 heavy (non-hydrogen) atoms. The summed E-state index contributed by atoms with van der Waals surface area (Å²) in [5, 5.41) is 16.0. The van der Waals surface area contributed by atoms with Crippen molar-refractivity contribution in [1.82, 2.24) is 15.4 Å². The fourth-order valence-corrected chi connectivity index (χ4v) is 6.20. The van der Waals surface area contributed by atoms with E-state index in [4.69, 9.17) is 4.74 Å². The number of carbonyl (C=O) groups excluding carboxylic acids is 2. The van der Waals surface area contributed by atoms with Crippen molar-refractivity contribution < 1.29 is 32.6 Å². The minimum absolute atomic E-state index is 0.0670. The Hall–Kier alpha value is -3.80. The first-order valence-corrected chi connectivity index (χ1v) is 14.5. The monoisotopic (exact) mass is 567 g/mol. The molecule has 1 amide bonds. The minimum atomic E-state index is -4.17. The summed E-state index contributed by atoms with van der Waals surface area (Å²) in [6, 6.07) is 10.8. The Bertz CT molecular complexity index is 1440. The highest BCUT2D eigenvalue weighted by molar-refractivity contribution is 7.89. The number of allylic oxidation sites excluding steroid dienone is 3. The van der Waals surface area contributed by atoms with Crippen molar-refractivity contribution >= 4 is 27.7 Å². The van der Waals surface area contributed by atoms with E-state index in [1.807, 2.05) is 6.92 Å². The quantitative estimate of drug-likeness (QED) is 0.324. The van der Waals surface area contributed by atoms with Crippen LogP contribution in [0.3, 0.4) is 0 Å². The van der Waals surface area contributed by atoms with E-state index >= 15 is 0 Å². The van der Waals surface area contributed by atoms with Crippen molar-refractivity contribution in [2.24, 2.45) is 5.41 Å². The van der Waals surface area contributed by atoms with E-state index in [1.165, 1.54) is 19.2 Å². The molecule has 1 aliphatic carbocycles. The van der Waals surface area contributed by atoms with Gasteiger partial charge in [-0.15, -0.1) is 0 Å². The van der Waals surface area contributed by atoms with Crippen molar-refractivity contribution in [3.63, 3.8) is 0 Å². The summed E-state index contributed by atoms with van der Waals surface area (Å²) in [5.41, 5.74) is 0.319. The van der Waals surface area contributed by atoms with Crippen molar-refractivity contribution in [2.45, 2.75) is 49.6 Å². The Kier molecular flexibility index (Phi) is 8.87. The maximum Gasteiger partial charge on any atom is 0.321 e. The predicted molar refractivity (Wildman–Crippen MR) is 148 cm³/mol. The van der Waals surface area contributed by atoms with Crippen molar-refractivity contribution in [2.75, 3.05) is 13.7 Å². The Labute approximate surface area is 233 Å². The molecule has 0 radical (unpaired) electrons. The summed E-state index contributed by atoms with van der Waals surface area (Å²) >= 11 is 0. The highest BCUT2D eigenvalue weighted by Crippen LogP contribution is 2.38. The van der Waals surface area contributed by atoms with E-state index in [9.17, 15) is 27.9 Å². The van der Waals surface area contributed by atoms with E-state index in [-0.39, 0.29) is 23.5 Å². The number of benzene rings is 2. The standard InChI is InChI=1S/C29H33N3O7S/c1-19-9-11-21(12-10-19)40(37,38)32-24(28(35)36)18-29(26(33)23-7-5-17-30-23)15-13-20(14-16-29)31-27(34)22-6-3-4-8-25(22)39-2/h3-4,6,8-15,23-24,30,32H,5,7,16-18H2,1-2H3,(H,31,34)(H,35,36)/t23-,24-,29?/m0/s1. The molecule has 2 aliphatic rings. The van der Waals surface area contributed by atoms with Crippen LogP contribution in [-0.2, 0) is 19.6 Å². The number of hydrogen-bond donors (Lipinski definition) is 4. The van der Waals surface area contributed by atoms with Gasteiger partial charge in [0.1, 0.15) is 11.8 Å². The molecule has 1 saturated heterocycles. The van der Waals surface area contributed by atoms with Gasteiger partial charge in [-0.3, -0.25) is 14.4 Å².